The van der Waals surface area contributed by atoms with E-state index in [0.717, 1.165) is 45.5 Å². The fraction of sp³-hybridized carbons (Fsp3) is 0.938. The zero-order valence-corrected chi connectivity index (χ0v) is 12.7. The molecule has 2 aliphatic rings. The van der Waals surface area contributed by atoms with Crippen molar-refractivity contribution < 1.29 is 9.47 Å². The van der Waals surface area contributed by atoms with Gasteiger partial charge in [-0.15, -0.1) is 0 Å². The average molecular weight is 280 g/mol. The van der Waals surface area contributed by atoms with Crippen molar-refractivity contribution in [3.8, 4) is 6.07 Å². The van der Waals surface area contributed by atoms with Crippen molar-refractivity contribution in [1.82, 2.24) is 5.32 Å². The summed E-state index contributed by atoms with van der Waals surface area (Å²) in [6.45, 7) is 4.42. The number of rotatable bonds is 9. The fourth-order valence-electron chi connectivity index (χ4n) is 2.67. The van der Waals surface area contributed by atoms with Crippen LogP contribution >= 0.6 is 0 Å². The van der Waals surface area contributed by atoms with E-state index in [2.05, 4.69) is 11.4 Å². The Morgan fingerprint density at radius 1 is 1.30 bits per heavy atom. The van der Waals surface area contributed by atoms with E-state index < -0.39 is 0 Å². The van der Waals surface area contributed by atoms with Gasteiger partial charge in [-0.2, -0.15) is 5.26 Å². The van der Waals surface area contributed by atoms with Crippen LogP contribution in [0.5, 0.6) is 0 Å². The monoisotopic (exact) mass is 280 g/mol. The minimum atomic E-state index is -0.354. The van der Waals surface area contributed by atoms with Crippen LogP contribution < -0.4 is 5.32 Å². The summed E-state index contributed by atoms with van der Waals surface area (Å²) in [6.07, 6.45) is 9.32. The van der Waals surface area contributed by atoms with Gasteiger partial charge in [0.1, 0.15) is 5.54 Å². The molecule has 1 aliphatic heterocycles. The molecule has 0 aromatic heterocycles. The Hall–Kier alpha value is -0.630. The lowest BCUT2D eigenvalue weighted by Gasteiger charge is -2.24. The van der Waals surface area contributed by atoms with Gasteiger partial charge in [-0.1, -0.05) is 0 Å². The van der Waals surface area contributed by atoms with Crippen LogP contribution in [-0.4, -0.2) is 37.5 Å². The lowest BCUT2D eigenvalue weighted by atomic mass is 9.96. The van der Waals surface area contributed by atoms with Gasteiger partial charge in [-0.25, -0.2) is 0 Å². The number of nitriles is 1. The summed E-state index contributed by atoms with van der Waals surface area (Å²) in [5.41, 5.74) is -0.354. The molecule has 2 rings (SSSR count). The molecule has 4 heteroatoms. The average Bonchev–Trinajstić information content (AvgIpc) is 3.27. The van der Waals surface area contributed by atoms with Crippen molar-refractivity contribution >= 4 is 0 Å². The van der Waals surface area contributed by atoms with Crippen molar-refractivity contribution in [2.45, 2.75) is 76.0 Å². The molecule has 0 radical (unpaired) electrons. The van der Waals surface area contributed by atoms with Gasteiger partial charge in [0.05, 0.1) is 18.8 Å². The largest absolute Gasteiger partial charge is 0.379 e. The summed E-state index contributed by atoms with van der Waals surface area (Å²) in [5, 5.41) is 12.7. The van der Waals surface area contributed by atoms with Crippen LogP contribution in [0.25, 0.3) is 0 Å². The maximum atomic E-state index is 9.27. The van der Waals surface area contributed by atoms with Crippen LogP contribution in [0.2, 0.25) is 0 Å². The predicted molar refractivity (Wildman–Crippen MR) is 78.4 cm³/mol. The highest BCUT2D eigenvalue weighted by Crippen LogP contribution is 2.24. The Morgan fingerprint density at radius 3 is 2.80 bits per heavy atom. The van der Waals surface area contributed by atoms with Gasteiger partial charge in [0.25, 0.3) is 0 Å². The fourth-order valence-corrected chi connectivity index (χ4v) is 2.67. The van der Waals surface area contributed by atoms with Crippen molar-refractivity contribution in [2.75, 3.05) is 19.8 Å². The number of nitrogens with one attached hydrogen (secondary N) is 1. The number of unbranched alkanes of at least 4 members (excludes halogenated alkanes) is 1. The highest BCUT2D eigenvalue weighted by molar-refractivity contribution is 5.06. The van der Waals surface area contributed by atoms with E-state index in [1.54, 1.807) is 0 Å². The molecule has 114 valence electrons. The zero-order valence-electron chi connectivity index (χ0n) is 12.7. The third kappa shape index (κ3) is 5.78. The van der Waals surface area contributed by atoms with E-state index in [9.17, 15) is 5.26 Å². The normalized spacial score (nSPS) is 25.9. The van der Waals surface area contributed by atoms with E-state index in [1.807, 2.05) is 6.92 Å². The summed E-state index contributed by atoms with van der Waals surface area (Å²) in [7, 11) is 0. The molecule has 2 fully saturated rings. The predicted octanol–water partition coefficient (Wildman–Crippen LogP) is 2.78. The molecule has 0 bridgehead atoms. The van der Waals surface area contributed by atoms with Gasteiger partial charge in [-0.3, -0.25) is 5.32 Å². The standard InChI is InChI=1S/C16H28N2O2/c1-16(13-17,18-14-7-8-14)9-3-5-10-19-12-15-6-2-4-11-20-15/h14-15,18H,2-12H2,1H3. The zero-order chi connectivity index (χ0) is 14.3. The molecule has 1 saturated carbocycles. The van der Waals surface area contributed by atoms with Crippen molar-refractivity contribution in [1.29, 1.82) is 5.26 Å². The number of nitrogens with zero attached hydrogens (tertiary/aromatic N) is 1. The molecular formula is C16H28N2O2. The lowest BCUT2D eigenvalue weighted by molar-refractivity contribution is -0.0412. The van der Waals surface area contributed by atoms with Gasteiger partial charge in [0, 0.05) is 19.3 Å². The highest BCUT2D eigenvalue weighted by atomic mass is 16.5. The Labute approximate surface area is 122 Å². The highest BCUT2D eigenvalue weighted by Gasteiger charge is 2.31. The van der Waals surface area contributed by atoms with E-state index >= 15 is 0 Å². The van der Waals surface area contributed by atoms with Crippen LogP contribution in [-0.2, 0) is 9.47 Å². The van der Waals surface area contributed by atoms with E-state index in [-0.39, 0.29) is 5.54 Å². The van der Waals surface area contributed by atoms with Crippen LogP contribution in [0.4, 0.5) is 0 Å². The third-order valence-electron chi connectivity index (χ3n) is 4.14. The summed E-state index contributed by atoms with van der Waals surface area (Å²) in [6, 6.07) is 3.00. The summed E-state index contributed by atoms with van der Waals surface area (Å²) >= 11 is 0. The van der Waals surface area contributed by atoms with Gasteiger partial charge in [0.2, 0.25) is 0 Å². The molecule has 2 unspecified atom stereocenters. The number of ether oxygens (including phenoxy) is 2. The first-order chi connectivity index (χ1) is 9.72. The Balaban J connectivity index is 1.48. The van der Waals surface area contributed by atoms with Crippen LogP contribution in [0, 0.1) is 11.3 Å². The molecule has 0 aromatic rings. The first kappa shape index (κ1) is 15.8. The third-order valence-corrected chi connectivity index (χ3v) is 4.14. The number of hydrogen-bond donors (Lipinski definition) is 1. The second kappa shape index (κ2) is 7.97. The SMILES string of the molecule is CC(C#N)(CCCCOCC1CCCCO1)NC1CC1. The molecule has 20 heavy (non-hydrogen) atoms. The number of hydrogen-bond acceptors (Lipinski definition) is 4. The van der Waals surface area contributed by atoms with Gasteiger partial charge < -0.3 is 9.47 Å². The first-order valence-electron chi connectivity index (χ1n) is 8.10. The molecule has 1 heterocycles. The van der Waals surface area contributed by atoms with E-state index in [4.69, 9.17) is 9.47 Å². The molecular weight excluding hydrogens is 252 g/mol. The topological polar surface area (TPSA) is 54.3 Å². The van der Waals surface area contributed by atoms with Gasteiger partial charge in [-0.05, 0) is 58.3 Å². The first-order valence-corrected chi connectivity index (χ1v) is 8.10. The molecule has 1 saturated heterocycles. The summed E-state index contributed by atoms with van der Waals surface area (Å²) in [4.78, 5) is 0. The minimum absolute atomic E-state index is 0.310. The summed E-state index contributed by atoms with van der Waals surface area (Å²) in [5.74, 6) is 0. The summed E-state index contributed by atoms with van der Waals surface area (Å²) < 4.78 is 11.3. The van der Waals surface area contributed by atoms with Crippen molar-refractivity contribution in [3.63, 3.8) is 0 Å². The molecule has 4 nitrogen and oxygen atoms in total. The molecule has 0 spiro atoms. The van der Waals surface area contributed by atoms with Gasteiger partial charge >= 0.3 is 0 Å². The van der Waals surface area contributed by atoms with Crippen LogP contribution in [0.3, 0.4) is 0 Å². The molecule has 0 amide bonds. The van der Waals surface area contributed by atoms with Crippen molar-refractivity contribution in [2.24, 2.45) is 0 Å². The Kier molecular flexibility index (Phi) is 6.28. The van der Waals surface area contributed by atoms with Crippen LogP contribution in [0.15, 0.2) is 0 Å². The van der Waals surface area contributed by atoms with Crippen molar-refractivity contribution in [3.05, 3.63) is 0 Å². The van der Waals surface area contributed by atoms with Gasteiger partial charge in [0.15, 0.2) is 0 Å². The second-order valence-corrected chi connectivity index (χ2v) is 6.38. The lowest BCUT2D eigenvalue weighted by Crippen LogP contribution is -2.42. The minimum Gasteiger partial charge on any atom is -0.379 e. The molecule has 1 N–H and O–H groups in total. The van der Waals surface area contributed by atoms with E-state index in [0.29, 0.717) is 12.1 Å². The molecule has 2 atom stereocenters. The maximum Gasteiger partial charge on any atom is 0.104 e. The second-order valence-electron chi connectivity index (χ2n) is 6.38. The quantitative estimate of drug-likeness (QED) is 0.660. The van der Waals surface area contributed by atoms with E-state index in [1.165, 1.54) is 25.7 Å². The molecule has 1 aliphatic carbocycles. The Morgan fingerprint density at radius 2 is 2.15 bits per heavy atom. The smallest absolute Gasteiger partial charge is 0.104 e. The molecule has 0 aromatic carbocycles. The van der Waals surface area contributed by atoms with Crippen LogP contribution in [0.1, 0.15) is 58.3 Å². The Bertz CT molecular complexity index is 319. The maximum absolute atomic E-state index is 9.27.